The predicted octanol–water partition coefficient (Wildman–Crippen LogP) is 1.43. The van der Waals surface area contributed by atoms with E-state index in [0.717, 1.165) is 11.3 Å². The number of aromatic nitrogens is 3. The van der Waals surface area contributed by atoms with Crippen molar-refractivity contribution >= 4 is 11.3 Å². The summed E-state index contributed by atoms with van der Waals surface area (Å²) in [6.45, 7) is 4.21. The van der Waals surface area contributed by atoms with Gasteiger partial charge in [0.2, 0.25) is 0 Å². The molecule has 0 saturated carbocycles. The number of nitrogen functional groups attached to an aromatic ring is 1. The maximum absolute atomic E-state index is 5.70. The Hall–Kier alpha value is -1.58. The third-order valence-electron chi connectivity index (χ3n) is 2.03. The van der Waals surface area contributed by atoms with Crippen molar-refractivity contribution in [2.45, 2.75) is 19.8 Å². The molecule has 0 unspecified atom stereocenters. The molecule has 2 N–H and O–H groups in total. The molecule has 4 nitrogen and oxygen atoms in total. The standard InChI is InChI=1S/C9H12N4/c1-6(2)9-12-5-7-8(10)11-3-4-13(7)9/h3-6H,1-2H3,(H2,10,11). The fraction of sp³-hybridized carbons (Fsp3) is 0.333. The predicted molar refractivity (Wildman–Crippen MR) is 51.5 cm³/mol. The van der Waals surface area contributed by atoms with Gasteiger partial charge in [0, 0.05) is 18.3 Å². The molecule has 0 spiro atoms. The van der Waals surface area contributed by atoms with E-state index < -0.39 is 0 Å². The normalized spacial score (nSPS) is 11.3. The second-order valence-corrected chi connectivity index (χ2v) is 3.34. The first-order valence-corrected chi connectivity index (χ1v) is 4.27. The van der Waals surface area contributed by atoms with Crippen LogP contribution < -0.4 is 5.73 Å². The highest BCUT2D eigenvalue weighted by Crippen LogP contribution is 2.17. The smallest absolute Gasteiger partial charge is 0.149 e. The Morgan fingerprint density at radius 3 is 2.85 bits per heavy atom. The zero-order valence-corrected chi connectivity index (χ0v) is 7.73. The lowest BCUT2D eigenvalue weighted by Crippen LogP contribution is -1.99. The number of hydrogen-bond donors (Lipinski definition) is 1. The molecule has 0 amide bonds. The summed E-state index contributed by atoms with van der Waals surface area (Å²) in [5, 5.41) is 0. The van der Waals surface area contributed by atoms with Gasteiger partial charge in [-0.2, -0.15) is 0 Å². The zero-order chi connectivity index (χ0) is 9.42. The van der Waals surface area contributed by atoms with Gasteiger partial charge < -0.3 is 5.73 Å². The first-order chi connectivity index (χ1) is 6.20. The van der Waals surface area contributed by atoms with Crippen LogP contribution in [0.2, 0.25) is 0 Å². The van der Waals surface area contributed by atoms with Crippen LogP contribution in [0.4, 0.5) is 5.82 Å². The van der Waals surface area contributed by atoms with Gasteiger partial charge in [-0.25, -0.2) is 9.97 Å². The van der Waals surface area contributed by atoms with Crippen molar-refractivity contribution in [2.75, 3.05) is 5.73 Å². The second kappa shape index (κ2) is 2.73. The van der Waals surface area contributed by atoms with Crippen LogP contribution in [0.15, 0.2) is 18.6 Å². The minimum Gasteiger partial charge on any atom is -0.382 e. The highest BCUT2D eigenvalue weighted by molar-refractivity contribution is 5.64. The summed E-state index contributed by atoms with van der Waals surface area (Å²) >= 11 is 0. The van der Waals surface area contributed by atoms with Crippen molar-refractivity contribution in [2.24, 2.45) is 0 Å². The number of rotatable bonds is 1. The molecule has 0 radical (unpaired) electrons. The summed E-state index contributed by atoms with van der Waals surface area (Å²) in [5.41, 5.74) is 6.58. The van der Waals surface area contributed by atoms with Crippen LogP contribution >= 0.6 is 0 Å². The molecule has 0 bridgehead atoms. The van der Waals surface area contributed by atoms with Gasteiger partial charge in [-0.1, -0.05) is 13.8 Å². The van der Waals surface area contributed by atoms with Gasteiger partial charge in [0.15, 0.2) is 0 Å². The monoisotopic (exact) mass is 176 g/mol. The third-order valence-corrected chi connectivity index (χ3v) is 2.03. The largest absolute Gasteiger partial charge is 0.382 e. The van der Waals surface area contributed by atoms with E-state index >= 15 is 0 Å². The molecular weight excluding hydrogens is 164 g/mol. The number of imidazole rings is 1. The number of nitrogens with two attached hydrogens (primary N) is 1. The first-order valence-electron chi connectivity index (χ1n) is 4.27. The van der Waals surface area contributed by atoms with E-state index in [9.17, 15) is 0 Å². The van der Waals surface area contributed by atoms with Gasteiger partial charge in [-0.15, -0.1) is 0 Å². The Labute approximate surface area is 76.4 Å². The highest BCUT2D eigenvalue weighted by atomic mass is 15.1. The molecule has 4 heteroatoms. The van der Waals surface area contributed by atoms with E-state index in [1.54, 1.807) is 12.4 Å². The first kappa shape index (κ1) is 8.04. The molecule has 0 saturated heterocycles. The molecule has 13 heavy (non-hydrogen) atoms. The fourth-order valence-corrected chi connectivity index (χ4v) is 1.39. The van der Waals surface area contributed by atoms with E-state index in [1.165, 1.54) is 0 Å². The molecule has 0 aromatic carbocycles. The quantitative estimate of drug-likeness (QED) is 0.715. The van der Waals surface area contributed by atoms with Gasteiger partial charge in [0.25, 0.3) is 0 Å². The van der Waals surface area contributed by atoms with Gasteiger partial charge in [0.05, 0.1) is 6.20 Å². The van der Waals surface area contributed by atoms with Crippen molar-refractivity contribution in [1.29, 1.82) is 0 Å². The van der Waals surface area contributed by atoms with Gasteiger partial charge >= 0.3 is 0 Å². The van der Waals surface area contributed by atoms with E-state index in [0.29, 0.717) is 11.7 Å². The minimum absolute atomic E-state index is 0.393. The van der Waals surface area contributed by atoms with Crippen LogP contribution in [0.3, 0.4) is 0 Å². The van der Waals surface area contributed by atoms with E-state index in [-0.39, 0.29) is 0 Å². The lowest BCUT2D eigenvalue weighted by atomic mass is 10.2. The Morgan fingerprint density at radius 2 is 2.15 bits per heavy atom. The van der Waals surface area contributed by atoms with Crippen LogP contribution in [-0.2, 0) is 0 Å². The van der Waals surface area contributed by atoms with Crippen LogP contribution in [-0.4, -0.2) is 14.4 Å². The third kappa shape index (κ3) is 1.14. The molecule has 0 aliphatic rings. The van der Waals surface area contributed by atoms with Crippen LogP contribution in [0.5, 0.6) is 0 Å². The second-order valence-electron chi connectivity index (χ2n) is 3.34. The Kier molecular flexibility index (Phi) is 1.69. The molecule has 2 aromatic heterocycles. The average Bonchev–Trinajstić information content (AvgIpc) is 2.48. The fourth-order valence-electron chi connectivity index (χ4n) is 1.39. The average molecular weight is 176 g/mol. The zero-order valence-electron chi connectivity index (χ0n) is 7.73. The molecule has 68 valence electrons. The summed E-state index contributed by atoms with van der Waals surface area (Å²) in [7, 11) is 0. The molecule has 2 heterocycles. The van der Waals surface area contributed by atoms with Crippen LogP contribution in [0, 0.1) is 0 Å². The maximum atomic E-state index is 5.70. The van der Waals surface area contributed by atoms with E-state index in [4.69, 9.17) is 5.73 Å². The summed E-state index contributed by atoms with van der Waals surface area (Å²) in [5.74, 6) is 1.94. The lowest BCUT2D eigenvalue weighted by molar-refractivity contribution is 0.769. The van der Waals surface area contributed by atoms with Crippen molar-refractivity contribution in [3.8, 4) is 0 Å². The Bertz CT molecular complexity index is 430. The number of anilines is 1. The van der Waals surface area contributed by atoms with Crippen molar-refractivity contribution in [1.82, 2.24) is 14.4 Å². The van der Waals surface area contributed by atoms with Gasteiger partial charge in [-0.05, 0) is 0 Å². The molecule has 0 aliphatic heterocycles. The van der Waals surface area contributed by atoms with Crippen LogP contribution in [0.1, 0.15) is 25.6 Å². The lowest BCUT2D eigenvalue weighted by Gasteiger charge is -2.03. The van der Waals surface area contributed by atoms with Crippen molar-refractivity contribution < 1.29 is 0 Å². The summed E-state index contributed by atoms with van der Waals surface area (Å²) in [6.07, 6.45) is 5.33. The van der Waals surface area contributed by atoms with Crippen molar-refractivity contribution in [3.05, 3.63) is 24.4 Å². The SMILES string of the molecule is CC(C)c1ncc2c(N)nccn12. The Morgan fingerprint density at radius 1 is 1.38 bits per heavy atom. The van der Waals surface area contributed by atoms with E-state index in [1.807, 2.05) is 10.6 Å². The van der Waals surface area contributed by atoms with Crippen LogP contribution in [0.25, 0.3) is 5.52 Å². The minimum atomic E-state index is 0.393. The van der Waals surface area contributed by atoms with E-state index in [2.05, 4.69) is 23.8 Å². The summed E-state index contributed by atoms with van der Waals surface area (Å²) in [4.78, 5) is 8.30. The highest BCUT2D eigenvalue weighted by Gasteiger charge is 2.08. The number of nitrogens with zero attached hydrogens (tertiary/aromatic N) is 3. The molecule has 2 rings (SSSR count). The summed E-state index contributed by atoms with van der Waals surface area (Å²) < 4.78 is 1.98. The summed E-state index contributed by atoms with van der Waals surface area (Å²) in [6, 6.07) is 0. The molecule has 2 aromatic rings. The molecular formula is C9H12N4. The number of fused-ring (bicyclic) bond motifs is 1. The number of hydrogen-bond acceptors (Lipinski definition) is 3. The van der Waals surface area contributed by atoms with Gasteiger partial charge in [-0.3, -0.25) is 4.40 Å². The molecule has 0 atom stereocenters. The molecule has 0 fully saturated rings. The van der Waals surface area contributed by atoms with Crippen molar-refractivity contribution in [3.63, 3.8) is 0 Å². The molecule has 0 aliphatic carbocycles. The van der Waals surface area contributed by atoms with Gasteiger partial charge in [0.1, 0.15) is 17.2 Å². The maximum Gasteiger partial charge on any atom is 0.149 e. The Balaban J connectivity index is 2.75. The topological polar surface area (TPSA) is 56.2 Å².